The Morgan fingerprint density at radius 2 is 1.88 bits per heavy atom. The predicted octanol–water partition coefficient (Wildman–Crippen LogP) is 2.08. The Hall–Kier alpha value is -2.91. The van der Waals surface area contributed by atoms with Gasteiger partial charge in [0.25, 0.3) is 0 Å². The van der Waals surface area contributed by atoms with Gasteiger partial charge in [-0.25, -0.2) is 9.78 Å². The molecule has 0 bridgehead atoms. The highest BCUT2D eigenvalue weighted by molar-refractivity contribution is 6.30. The molecule has 0 radical (unpaired) electrons. The van der Waals surface area contributed by atoms with Crippen molar-refractivity contribution in [1.29, 1.82) is 0 Å². The molecule has 4 heterocycles. The van der Waals surface area contributed by atoms with Crippen molar-refractivity contribution in [2.75, 3.05) is 13.1 Å². The highest BCUT2D eigenvalue weighted by Gasteiger charge is 2.38. The van der Waals surface area contributed by atoms with E-state index in [1.807, 2.05) is 0 Å². The van der Waals surface area contributed by atoms with E-state index >= 15 is 0 Å². The van der Waals surface area contributed by atoms with E-state index in [0.717, 1.165) is 0 Å². The fourth-order valence-electron chi connectivity index (χ4n) is 3.31. The van der Waals surface area contributed by atoms with Crippen molar-refractivity contribution in [2.45, 2.75) is 12.1 Å². The summed E-state index contributed by atoms with van der Waals surface area (Å²) in [7, 11) is 0. The number of nitrogens with zero attached hydrogens (tertiary/aromatic N) is 4. The number of nitrogens with one attached hydrogen (secondary N) is 2. The van der Waals surface area contributed by atoms with E-state index in [-0.39, 0.29) is 5.88 Å². The number of piperazine rings is 1. The lowest BCUT2D eigenvalue weighted by Gasteiger charge is -2.40. The van der Waals surface area contributed by atoms with Gasteiger partial charge in [0.05, 0.1) is 28.5 Å². The molecule has 26 heavy (non-hydrogen) atoms. The van der Waals surface area contributed by atoms with Crippen LogP contribution in [0.15, 0.2) is 30.7 Å². The van der Waals surface area contributed by atoms with Crippen molar-refractivity contribution >= 4 is 28.7 Å². The first-order valence-electron chi connectivity index (χ1n) is 7.91. The van der Waals surface area contributed by atoms with Crippen molar-refractivity contribution in [3.05, 3.63) is 47.1 Å². The predicted molar refractivity (Wildman–Crippen MR) is 93.0 cm³/mol. The van der Waals surface area contributed by atoms with Crippen LogP contribution in [0.4, 0.5) is 4.79 Å². The minimum absolute atomic E-state index is 0.139. The number of fused-ring (bicyclic) bond motifs is 1. The number of halogens is 1. The maximum atomic E-state index is 12.1. The van der Waals surface area contributed by atoms with Gasteiger partial charge in [-0.05, 0) is 12.1 Å². The highest BCUT2D eigenvalue weighted by atomic mass is 35.5. The third kappa shape index (κ3) is 2.71. The summed E-state index contributed by atoms with van der Waals surface area (Å²) in [6, 6.07) is 2.27. The summed E-state index contributed by atoms with van der Waals surface area (Å²) in [5.74, 6) is -0.139. The third-order valence-electron chi connectivity index (χ3n) is 4.42. The molecule has 0 aliphatic carbocycles. The molecule has 3 aromatic heterocycles. The van der Waals surface area contributed by atoms with Crippen molar-refractivity contribution < 1.29 is 15.0 Å². The van der Waals surface area contributed by atoms with E-state index in [1.165, 1.54) is 23.5 Å². The van der Waals surface area contributed by atoms with Gasteiger partial charge in [0, 0.05) is 31.7 Å². The minimum atomic E-state index is -1.09. The maximum absolute atomic E-state index is 12.1. The van der Waals surface area contributed by atoms with E-state index in [1.54, 1.807) is 12.1 Å². The Morgan fingerprint density at radius 1 is 1.15 bits per heavy atom. The van der Waals surface area contributed by atoms with Gasteiger partial charge in [0.15, 0.2) is 5.52 Å². The molecule has 4 N–H and O–H groups in total. The van der Waals surface area contributed by atoms with Gasteiger partial charge in [-0.1, -0.05) is 11.6 Å². The standard InChI is InChI=1S/C16H15ClN6O3/c17-8-1-2-9(21-5-8)10-6-18-7-11(23(10)16(25)26)12-13-14(15(24)22-12)20-4-3-19-13/h1-5,10-11,18,22,24H,6-7H2,(H,25,26). The van der Waals surface area contributed by atoms with Crippen LogP contribution in [0, 0.1) is 0 Å². The number of carbonyl (C=O) groups is 1. The number of hydrogen-bond donors (Lipinski definition) is 4. The van der Waals surface area contributed by atoms with Crippen LogP contribution >= 0.6 is 11.6 Å². The average Bonchev–Trinajstić information content (AvgIpc) is 2.99. The molecular weight excluding hydrogens is 360 g/mol. The summed E-state index contributed by atoms with van der Waals surface area (Å²) in [4.78, 5) is 28.8. The Labute approximate surface area is 152 Å². The highest BCUT2D eigenvalue weighted by Crippen LogP contribution is 2.36. The molecule has 3 aromatic rings. The lowest BCUT2D eigenvalue weighted by atomic mass is 10.0. The molecule has 2 atom stereocenters. The van der Waals surface area contributed by atoms with Crippen LogP contribution in [0.2, 0.25) is 5.02 Å². The molecule has 0 spiro atoms. The first kappa shape index (κ1) is 16.6. The van der Waals surface area contributed by atoms with Crippen LogP contribution in [0.3, 0.4) is 0 Å². The Balaban J connectivity index is 1.79. The minimum Gasteiger partial charge on any atom is -0.493 e. The summed E-state index contributed by atoms with van der Waals surface area (Å²) < 4.78 is 0. The van der Waals surface area contributed by atoms with Gasteiger partial charge < -0.3 is 20.5 Å². The van der Waals surface area contributed by atoms with Crippen molar-refractivity contribution in [3.8, 4) is 5.88 Å². The van der Waals surface area contributed by atoms with Gasteiger partial charge in [-0.2, -0.15) is 0 Å². The van der Waals surface area contributed by atoms with Crippen LogP contribution in [0.5, 0.6) is 5.88 Å². The van der Waals surface area contributed by atoms with Crippen LogP contribution in [0.1, 0.15) is 23.5 Å². The number of aromatic amines is 1. The van der Waals surface area contributed by atoms with E-state index in [2.05, 4.69) is 25.3 Å². The topological polar surface area (TPSA) is 127 Å². The summed E-state index contributed by atoms with van der Waals surface area (Å²) in [5.41, 5.74) is 1.81. The molecule has 1 fully saturated rings. The zero-order valence-electron chi connectivity index (χ0n) is 13.4. The van der Waals surface area contributed by atoms with Crippen molar-refractivity contribution in [1.82, 2.24) is 30.2 Å². The van der Waals surface area contributed by atoms with E-state index < -0.39 is 18.2 Å². The molecule has 1 aliphatic heterocycles. The van der Waals surface area contributed by atoms with E-state index in [9.17, 15) is 15.0 Å². The number of rotatable bonds is 2. The Morgan fingerprint density at radius 3 is 2.58 bits per heavy atom. The quantitative estimate of drug-likeness (QED) is 0.540. The first-order valence-corrected chi connectivity index (χ1v) is 8.29. The first-order chi connectivity index (χ1) is 12.6. The van der Waals surface area contributed by atoms with Crippen LogP contribution in [-0.4, -0.2) is 54.2 Å². The molecule has 2 unspecified atom stereocenters. The molecule has 4 rings (SSSR count). The van der Waals surface area contributed by atoms with E-state index in [0.29, 0.717) is 40.5 Å². The molecular formula is C16H15ClN6O3. The van der Waals surface area contributed by atoms with Crippen molar-refractivity contribution in [3.63, 3.8) is 0 Å². The summed E-state index contributed by atoms with van der Waals surface area (Å²) >= 11 is 5.89. The number of H-pyrrole nitrogens is 1. The fraction of sp³-hybridized carbons (Fsp3) is 0.250. The van der Waals surface area contributed by atoms with Crippen LogP contribution in [0.25, 0.3) is 11.0 Å². The number of aromatic hydroxyl groups is 1. The largest absolute Gasteiger partial charge is 0.493 e. The smallest absolute Gasteiger partial charge is 0.408 e. The molecule has 9 nitrogen and oxygen atoms in total. The third-order valence-corrected chi connectivity index (χ3v) is 4.65. The second-order valence-corrected chi connectivity index (χ2v) is 6.36. The number of aromatic nitrogens is 4. The van der Waals surface area contributed by atoms with Gasteiger partial charge in [0.2, 0.25) is 5.88 Å². The zero-order chi connectivity index (χ0) is 18.3. The molecule has 0 aromatic carbocycles. The maximum Gasteiger partial charge on any atom is 0.408 e. The summed E-state index contributed by atoms with van der Waals surface area (Å²) in [5, 5.41) is 23.7. The molecule has 1 amide bonds. The second-order valence-electron chi connectivity index (χ2n) is 5.92. The number of carboxylic acid groups (broad SMARTS) is 1. The van der Waals surface area contributed by atoms with Crippen LogP contribution < -0.4 is 5.32 Å². The lowest BCUT2D eigenvalue weighted by Crippen LogP contribution is -2.50. The van der Waals surface area contributed by atoms with E-state index in [4.69, 9.17) is 11.6 Å². The normalized spacial score (nSPS) is 20.4. The average molecular weight is 375 g/mol. The Bertz CT molecular complexity index is 960. The zero-order valence-corrected chi connectivity index (χ0v) is 14.2. The molecule has 10 heteroatoms. The van der Waals surface area contributed by atoms with Crippen LogP contribution in [-0.2, 0) is 0 Å². The van der Waals surface area contributed by atoms with Crippen molar-refractivity contribution in [2.24, 2.45) is 0 Å². The fourth-order valence-corrected chi connectivity index (χ4v) is 3.42. The number of amides is 1. The summed E-state index contributed by atoms with van der Waals surface area (Å²) in [6.45, 7) is 0.774. The van der Waals surface area contributed by atoms with Gasteiger partial charge in [-0.15, -0.1) is 0 Å². The lowest BCUT2D eigenvalue weighted by molar-refractivity contribution is 0.0762. The second kappa shape index (κ2) is 6.43. The summed E-state index contributed by atoms with van der Waals surface area (Å²) in [6.07, 6.45) is 3.36. The van der Waals surface area contributed by atoms with Gasteiger partial charge in [0.1, 0.15) is 5.52 Å². The SMILES string of the molecule is O=C(O)N1C(c2ccc(Cl)cn2)CNCC1c1[nH]c(O)c2nccnc12. The molecule has 1 saturated heterocycles. The molecule has 0 saturated carbocycles. The monoisotopic (exact) mass is 374 g/mol. The number of hydrogen-bond acceptors (Lipinski definition) is 6. The Kier molecular flexibility index (Phi) is 4.09. The number of pyridine rings is 1. The molecule has 134 valence electrons. The molecule has 1 aliphatic rings. The van der Waals surface area contributed by atoms with Gasteiger partial charge >= 0.3 is 6.09 Å². The van der Waals surface area contributed by atoms with Gasteiger partial charge in [-0.3, -0.25) is 14.9 Å².